The lowest BCUT2D eigenvalue weighted by Crippen LogP contribution is -2.43. The summed E-state index contributed by atoms with van der Waals surface area (Å²) in [6.45, 7) is 4.04. The van der Waals surface area contributed by atoms with Gasteiger partial charge in [0.25, 0.3) is 5.91 Å². The first-order valence-corrected chi connectivity index (χ1v) is 17.9. The van der Waals surface area contributed by atoms with E-state index in [4.69, 9.17) is 21.1 Å². The quantitative estimate of drug-likeness (QED) is 0.396. The number of benzene rings is 2. The first-order chi connectivity index (χ1) is 21.2. The fourth-order valence-electron chi connectivity index (χ4n) is 7.24. The van der Waals surface area contributed by atoms with Gasteiger partial charge >= 0.3 is 0 Å². The molecule has 1 aliphatic carbocycles. The number of amides is 1. The van der Waals surface area contributed by atoms with Gasteiger partial charge in [-0.25, -0.2) is 13.1 Å². The Kier molecular flexibility index (Phi) is 10.9. The van der Waals surface area contributed by atoms with Gasteiger partial charge < -0.3 is 19.2 Å². The van der Waals surface area contributed by atoms with Crippen molar-refractivity contribution in [2.75, 3.05) is 31.7 Å². The number of ether oxygens (including phenoxy) is 2. The molecular weight excluding hydrogens is 600 g/mol. The van der Waals surface area contributed by atoms with Gasteiger partial charge in [0.1, 0.15) is 18.6 Å². The maximum absolute atomic E-state index is 13.6. The number of aryl methyl sites for hydroxylation is 1. The highest BCUT2D eigenvalue weighted by atomic mass is 35.5. The minimum atomic E-state index is -4.00. The van der Waals surface area contributed by atoms with Crippen molar-refractivity contribution in [3.63, 3.8) is 0 Å². The van der Waals surface area contributed by atoms with Crippen LogP contribution in [0.15, 0.2) is 36.4 Å². The molecule has 10 heteroatoms. The zero-order valence-corrected chi connectivity index (χ0v) is 27.4. The zero-order chi connectivity index (χ0) is 31.3. The molecule has 1 N–H and O–H groups in total. The highest BCUT2D eigenvalue weighted by molar-refractivity contribution is 7.90. The molecule has 2 aliphatic heterocycles. The van der Waals surface area contributed by atoms with Crippen molar-refractivity contribution in [3.05, 3.63) is 58.1 Å². The predicted molar refractivity (Wildman–Crippen MR) is 173 cm³/mol. The van der Waals surface area contributed by atoms with Crippen molar-refractivity contribution >= 4 is 39.5 Å². The zero-order valence-electron chi connectivity index (χ0n) is 25.8. The van der Waals surface area contributed by atoms with Crippen LogP contribution in [0.2, 0.25) is 5.02 Å². The maximum atomic E-state index is 13.6. The average Bonchev–Trinajstić information content (AvgIpc) is 3.01. The molecule has 2 aromatic carbocycles. The van der Waals surface area contributed by atoms with E-state index in [1.807, 2.05) is 25.1 Å². The first kappa shape index (κ1) is 32.8. The second kappa shape index (κ2) is 14.6. The molecule has 5 atom stereocenters. The van der Waals surface area contributed by atoms with Crippen molar-refractivity contribution in [1.82, 2.24) is 4.72 Å². The summed E-state index contributed by atoms with van der Waals surface area (Å²) in [4.78, 5) is 28.2. The van der Waals surface area contributed by atoms with Crippen molar-refractivity contribution in [2.45, 2.75) is 76.6 Å². The van der Waals surface area contributed by atoms with Crippen LogP contribution in [-0.2, 0) is 32.6 Å². The molecule has 2 bridgehead atoms. The Morgan fingerprint density at radius 2 is 1.91 bits per heavy atom. The number of sulfonamides is 1. The van der Waals surface area contributed by atoms with Crippen LogP contribution in [0.1, 0.15) is 79.8 Å². The minimum absolute atomic E-state index is 0.0483. The Hall–Kier alpha value is -2.62. The second-order valence-corrected chi connectivity index (χ2v) is 15.1. The molecule has 3 aliphatic rings. The lowest BCUT2D eigenvalue weighted by atomic mass is 9.66. The lowest BCUT2D eigenvalue weighted by Gasteiger charge is -2.43. The van der Waals surface area contributed by atoms with E-state index >= 15 is 0 Å². The summed E-state index contributed by atoms with van der Waals surface area (Å²) in [7, 11) is -2.46. The summed E-state index contributed by atoms with van der Waals surface area (Å²) < 4.78 is 41.3. The van der Waals surface area contributed by atoms with Crippen molar-refractivity contribution in [2.24, 2.45) is 23.7 Å². The third-order valence-electron chi connectivity index (χ3n) is 9.96. The van der Waals surface area contributed by atoms with Crippen molar-refractivity contribution < 1.29 is 27.5 Å². The van der Waals surface area contributed by atoms with Crippen LogP contribution in [-0.4, -0.2) is 52.7 Å². The largest absolute Gasteiger partial charge is 0.487 e. The number of anilines is 1. The summed E-state index contributed by atoms with van der Waals surface area (Å²) in [6, 6.07) is 11.1. The molecule has 0 aromatic heterocycles. The molecule has 2 heterocycles. The Labute approximate surface area is 266 Å². The van der Waals surface area contributed by atoms with Gasteiger partial charge in [-0.15, -0.1) is 0 Å². The Balaban J connectivity index is 1.53. The molecule has 1 amide bonds. The monoisotopic (exact) mass is 644 g/mol. The fourth-order valence-corrected chi connectivity index (χ4v) is 9.11. The predicted octanol–water partition coefficient (Wildman–Crippen LogP) is 6.19. The maximum Gasteiger partial charge on any atom is 0.264 e. The van der Waals surface area contributed by atoms with Gasteiger partial charge in [0.2, 0.25) is 10.0 Å². The molecule has 5 rings (SSSR count). The number of nitrogens with zero attached hydrogens (tertiary/aromatic N) is 1. The third-order valence-corrected chi connectivity index (χ3v) is 12.2. The molecular formula is C34H45ClN2O6S. The van der Waals surface area contributed by atoms with E-state index in [9.17, 15) is 18.0 Å². The standard InChI is InChI=1S/C34H45ClN2O6S/c1-23-6-5-8-27(21-38)30-13-10-26(30)20-37-16-4-3-7-24-18-29(35)12-9-28(24)22-43-32-14-11-25(19-31(32)37)34(39)36-44(40,41)33(23)15-17-42-2/h9,11-12,14,18-19,21,23,26-27,30,33H,3-8,10,13,15-17,20,22H2,1-2H3,(H,36,39)/t23?,26-,27?,30+,33+/m0/s1. The van der Waals surface area contributed by atoms with Gasteiger partial charge in [-0.3, -0.25) is 4.79 Å². The van der Waals surface area contributed by atoms with Gasteiger partial charge in [0.05, 0.1) is 10.9 Å². The summed E-state index contributed by atoms with van der Waals surface area (Å²) >= 11 is 6.32. The summed E-state index contributed by atoms with van der Waals surface area (Å²) in [6.07, 6.45) is 8.39. The number of halogens is 1. The first-order valence-electron chi connectivity index (χ1n) is 16.0. The number of hydrogen-bond acceptors (Lipinski definition) is 7. The number of carbonyl (C=O) groups excluding carboxylic acids is 2. The molecule has 2 aromatic rings. The van der Waals surface area contributed by atoms with E-state index in [0.29, 0.717) is 35.6 Å². The van der Waals surface area contributed by atoms with Crippen LogP contribution in [0, 0.1) is 23.7 Å². The van der Waals surface area contributed by atoms with Crippen LogP contribution >= 0.6 is 11.6 Å². The van der Waals surface area contributed by atoms with Crippen LogP contribution in [0.4, 0.5) is 5.69 Å². The van der Waals surface area contributed by atoms with Gasteiger partial charge in [0, 0.05) is 43.3 Å². The van der Waals surface area contributed by atoms with E-state index in [0.717, 1.165) is 75.6 Å². The molecule has 1 saturated carbocycles. The number of methoxy groups -OCH3 is 1. The summed E-state index contributed by atoms with van der Waals surface area (Å²) in [5, 5.41) is -0.0889. The molecule has 1 fully saturated rings. The SMILES string of the molecule is COCC[C@@H]1C(C)CCCC(C=O)[C@@H]2CC[C@H]2CN2CCCCc3cc(Cl)ccc3COc3ccc(cc32)C(=O)NS1(=O)=O. The van der Waals surface area contributed by atoms with Crippen LogP contribution in [0.25, 0.3) is 0 Å². The third kappa shape index (κ3) is 7.60. The number of aldehydes is 1. The van der Waals surface area contributed by atoms with Crippen LogP contribution in [0.5, 0.6) is 5.75 Å². The van der Waals surface area contributed by atoms with Crippen molar-refractivity contribution in [1.29, 1.82) is 0 Å². The van der Waals surface area contributed by atoms with Crippen LogP contribution < -0.4 is 14.4 Å². The molecule has 0 saturated heterocycles. The number of hydrogen-bond donors (Lipinski definition) is 1. The van der Waals surface area contributed by atoms with E-state index < -0.39 is 21.2 Å². The number of carbonyl (C=O) groups is 2. The topological polar surface area (TPSA) is 102 Å². The molecule has 8 nitrogen and oxygen atoms in total. The van der Waals surface area contributed by atoms with Gasteiger partial charge in [-0.05, 0) is 111 Å². The number of nitrogens with one attached hydrogen (secondary N) is 1. The van der Waals surface area contributed by atoms with E-state index in [1.165, 1.54) is 5.56 Å². The van der Waals surface area contributed by atoms with E-state index in [-0.39, 0.29) is 30.4 Å². The summed E-state index contributed by atoms with van der Waals surface area (Å²) in [5.41, 5.74) is 3.28. The van der Waals surface area contributed by atoms with Gasteiger partial charge in [-0.1, -0.05) is 31.0 Å². The van der Waals surface area contributed by atoms with Crippen LogP contribution in [0.3, 0.4) is 0 Å². The second-order valence-electron chi connectivity index (χ2n) is 12.8. The normalized spacial score (nSPS) is 27.8. The average molecular weight is 645 g/mol. The molecule has 0 spiro atoms. The molecule has 2 unspecified atom stereocenters. The van der Waals surface area contributed by atoms with Gasteiger partial charge in [-0.2, -0.15) is 0 Å². The van der Waals surface area contributed by atoms with E-state index in [1.54, 1.807) is 25.3 Å². The Morgan fingerprint density at radius 1 is 1.07 bits per heavy atom. The molecule has 0 radical (unpaired) electrons. The smallest absolute Gasteiger partial charge is 0.264 e. The highest BCUT2D eigenvalue weighted by Gasteiger charge is 2.39. The van der Waals surface area contributed by atoms with E-state index in [2.05, 4.69) is 9.62 Å². The minimum Gasteiger partial charge on any atom is -0.487 e. The molecule has 240 valence electrons. The van der Waals surface area contributed by atoms with Gasteiger partial charge in [0.15, 0.2) is 0 Å². The van der Waals surface area contributed by atoms with Crippen molar-refractivity contribution in [3.8, 4) is 5.75 Å². The Bertz CT molecular complexity index is 1430. The number of fused-ring (bicyclic) bond motifs is 3. The fraction of sp³-hybridized carbons (Fsp3) is 0.588. The number of rotatable bonds is 4. The molecule has 44 heavy (non-hydrogen) atoms. The highest BCUT2D eigenvalue weighted by Crippen LogP contribution is 2.43. The lowest BCUT2D eigenvalue weighted by molar-refractivity contribution is -0.115. The summed E-state index contributed by atoms with van der Waals surface area (Å²) in [5.74, 6) is 0.393. The Morgan fingerprint density at radius 3 is 2.66 bits per heavy atom.